The molecule has 0 bridgehead atoms. The molecule has 0 aromatic heterocycles. The van der Waals surface area contributed by atoms with Crippen LogP contribution in [0.25, 0.3) is 11.1 Å². The van der Waals surface area contributed by atoms with E-state index < -0.39 is 5.41 Å². The van der Waals surface area contributed by atoms with Gasteiger partial charge in [0.2, 0.25) is 5.91 Å². The van der Waals surface area contributed by atoms with Crippen LogP contribution in [0.3, 0.4) is 0 Å². The predicted octanol–water partition coefficient (Wildman–Crippen LogP) is 6.16. The van der Waals surface area contributed by atoms with Gasteiger partial charge < -0.3 is 4.90 Å². The summed E-state index contributed by atoms with van der Waals surface area (Å²) in [7, 11) is 1.91. The highest BCUT2D eigenvalue weighted by Crippen LogP contribution is 2.59. The van der Waals surface area contributed by atoms with Gasteiger partial charge in [0.05, 0.1) is 11.1 Å². The minimum absolute atomic E-state index is 0.0729. The summed E-state index contributed by atoms with van der Waals surface area (Å²) in [4.78, 5) is 15.3. The van der Waals surface area contributed by atoms with Gasteiger partial charge in [0.1, 0.15) is 0 Å². The Morgan fingerprint density at radius 2 is 1.65 bits per heavy atom. The van der Waals surface area contributed by atoms with Crippen molar-refractivity contribution < 1.29 is 4.79 Å². The second-order valence-corrected chi connectivity index (χ2v) is 9.51. The van der Waals surface area contributed by atoms with Crippen molar-refractivity contribution in [1.82, 2.24) is 0 Å². The Kier molecular flexibility index (Phi) is 3.92. The summed E-state index contributed by atoms with van der Waals surface area (Å²) in [5.74, 6) is 0.202. The van der Waals surface area contributed by atoms with Crippen LogP contribution in [0.4, 0.5) is 5.69 Å². The predicted molar refractivity (Wildman–Crippen MR) is 112 cm³/mol. The number of fused-ring (bicyclic) bond motifs is 3. The molecule has 0 saturated heterocycles. The highest BCUT2D eigenvalue weighted by Gasteiger charge is 2.51. The molecule has 0 unspecified atom stereocenters. The van der Waals surface area contributed by atoms with Crippen molar-refractivity contribution >= 4 is 38.7 Å². The maximum absolute atomic E-state index is 13.4. The number of carbonyl (C=O) groups is 1. The summed E-state index contributed by atoms with van der Waals surface area (Å²) in [5.41, 5.74) is 5.54. The zero-order chi connectivity index (χ0) is 18.7. The Balaban J connectivity index is 2.07. The third-order valence-electron chi connectivity index (χ3n) is 5.85. The molecule has 1 atom stereocenters. The molecule has 1 amide bonds. The van der Waals surface area contributed by atoms with Crippen LogP contribution in [0.15, 0.2) is 53.0 Å². The summed E-state index contributed by atoms with van der Waals surface area (Å²) < 4.78 is 1.07. The first-order chi connectivity index (χ1) is 12.2. The average molecular weight is 410 g/mol. The number of para-hydroxylation sites is 1. The molecule has 2 nitrogen and oxygen atoms in total. The van der Waals surface area contributed by atoms with E-state index in [-0.39, 0.29) is 11.3 Å². The largest absolute Gasteiger partial charge is 0.314 e. The van der Waals surface area contributed by atoms with Crippen LogP contribution < -0.4 is 4.90 Å². The van der Waals surface area contributed by atoms with Gasteiger partial charge >= 0.3 is 0 Å². The maximum atomic E-state index is 13.4. The van der Waals surface area contributed by atoms with Gasteiger partial charge in [0.15, 0.2) is 0 Å². The second kappa shape index (κ2) is 5.82. The number of halogens is 1. The van der Waals surface area contributed by atoms with Crippen molar-refractivity contribution in [3.63, 3.8) is 0 Å². The van der Waals surface area contributed by atoms with Crippen molar-refractivity contribution in [3.8, 4) is 0 Å². The van der Waals surface area contributed by atoms with Gasteiger partial charge in [-0.2, -0.15) is 0 Å². The van der Waals surface area contributed by atoms with Crippen molar-refractivity contribution in [2.75, 3.05) is 11.9 Å². The molecular formula is C23H24BrNO. The fourth-order valence-corrected chi connectivity index (χ4v) is 5.27. The highest BCUT2D eigenvalue weighted by atomic mass is 79.9. The van der Waals surface area contributed by atoms with E-state index in [9.17, 15) is 4.79 Å². The average Bonchev–Trinajstić information content (AvgIpc) is 2.59. The van der Waals surface area contributed by atoms with Crippen LogP contribution in [-0.2, 0) is 4.79 Å². The van der Waals surface area contributed by atoms with E-state index >= 15 is 0 Å². The Bertz CT molecular complexity index is 925. The molecule has 4 rings (SSSR count). The lowest BCUT2D eigenvalue weighted by molar-refractivity contribution is -0.126. The van der Waals surface area contributed by atoms with Crippen LogP contribution >= 0.6 is 15.9 Å². The SMILES string of the molecule is CN1C(=O)[C@@]2(C)CC(C)(C)CC(c3ccc(Br)cc3)=C2c2ccccc21. The van der Waals surface area contributed by atoms with Crippen molar-refractivity contribution in [1.29, 1.82) is 0 Å². The standard InChI is InChI=1S/C23H24BrNO/c1-22(2)13-18(15-9-11-16(24)12-10-15)20-17-7-5-6-8-19(17)25(4)21(26)23(20,3)14-22/h5-12H,13-14H2,1-4H3/t23-/m0/s1. The van der Waals surface area contributed by atoms with Crippen molar-refractivity contribution in [2.24, 2.45) is 10.8 Å². The molecule has 2 aromatic rings. The number of anilines is 1. The lowest BCUT2D eigenvalue weighted by atomic mass is 9.57. The maximum Gasteiger partial charge on any atom is 0.237 e. The van der Waals surface area contributed by atoms with Gasteiger partial charge in [-0.25, -0.2) is 0 Å². The molecule has 2 aliphatic rings. The van der Waals surface area contributed by atoms with E-state index in [4.69, 9.17) is 0 Å². The Morgan fingerprint density at radius 3 is 2.35 bits per heavy atom. The first-order valence-corrected chi connectivity index (χ1v) is 9.89. The molecule has 0 fully saturated rings. The Hall–Kier alpha value is -1.87. The van der Waals surface area contributed by atoms with Gasteiger partial charge in [-0.05, 0) is 60.1 Å². The van der Waals surface area contributed by atoms with Gasteiger partial charge in [0, 0.05) is 17.1 Å². The summed E-state index contributed by atoms with van der Waals surface area (Å²) in [5, 5.41) is 0. The number of hydrogen-bond acceptors (Lipinski definition) is 1. The fourth-order valence-electron chi connectivity index (χ4n) is 5.00. The van der Waals surface area contributed by atoms with E-state index in [1.54, 1.807) is 0 Å². The van der Waals surface area contributed by atoms with E-state index in [0.29, 0.717) is 0 Å². The quantitative estimate of drug-likeness (QED) is 0.551. The molecule has 1 aliphatic heterocycles. The molecule has 0 saturated carbocycles. The van der Waals surface area contributed by atoms with Crippen LogP contribution in [0.5, 0.6) is 0 Å². The lowest BCUT2D eigenvalue weighted by Crippen LogP contribution is -2.49. The topological polar surface area (TPSA) is 20.3 Å². The zero-order valence-electron chi connectivity index (χ0n) is 15.8. The molecule has 0 N–H and O–H groups in total. The number of allylic oxidation sites excluding steroid dienone is 1. The van der Waals surface area contributed by atoms with Crippen molar-refractivity contribution in [3.05, 3.63) is 64.1 Å². The van der Waals surface area contributed by atoms with Crippen LogP contribution in [0.2, 0.25) is 0 Å². The Morgan fingerprint density at radius 1 is 1.00 bits per heavy atom. The first-order valence-electron chi connectivity index (χ1n) is 9.10. The van der Waals surface area contributed by atoms with E-state index in [1.165, 1.54) is 22.3 Å². The molecule has 2 aromatic carbocycles. The summed E-state index contributed by atoms with van der Waals surface area (Å²) in [6.45, 7) is 6.69. The van der Waals surface area contributed by atoms with Crippen LogP contribution in [0.1, 0.15) is 44.7 Å². The molecular weight excluding hydrogens is 386 g/mol. The molecule has 0 radical (unpaired) electrons. The van der Waals surface area contributed by atoms with E-state index in [2.05, 4.69) is 79.2 Å². The van der Waals surface area contributed by atoms with Gasteiger partial charge in [-0.15, -0.1) is 0 Å². The normalized spacial score (nSPS) is 24.3. The van der Waals surface area contributed by atoms with E-state index in [0.717, 1.165) is 23.0 Å². The first kappa shape index (κ1) is 17.5. The summed E-state index contributed by atoms with van der Waals surface area (Å²) >= 11 is 3.54. The molecule has 26 heavy (non-hydrogen) atoms. The molecule has 3 heteroatoms. The summed E-state index contributed by atoms with van der Waals surface area (Å²) in [6, 6.07) is 16.8. The van der Waals surface area contributed by atoms with Crippen molar-refractivity contribution in [2.45, 2.75) is 33.6 Å². The fraction of sp³-hybridized carbons (Fsp3) is 0.348. The molecule has 1 heterocycles. The minimum atomic E-state index is -0.493. The van der Waals surface area contributed by atoms with Crippen LogP contribution in [0, 0.1) is 10.8 Å². The van der Waals surface area contributed by atoms with Gasteiger partial charge in [-0.1, -0.05) is 60.1 Å². The number of rotatable bonds is 1. The summed E-state index contributed by atoms with van der Waals surface area (Å²) in [6.07, 6.45) is 1.84. The zero-order valence-corrected chi connectivity index (χ0v) is 17.4. The van der Waals surface area contributed by atoms with Crippen LogP contribution in [-0.4, -0.2) is 13.0 Å². The second-order valence-electron chi connectivity index (χ2n) is 8.59. The lowest BCUT2D eigenvalue weighted by Gasteiger charge is -2.49. The number of hydrogen-bond donors (Lipinski definition) is 0. The Labute approximate surface area is 164 Å². The minimum Gasteiger partial charge on any atom is -0.314 e. The highest BCUT2D eigenvalue weighted by molar-refractivity contribution is 9.10. The smallest absolute Gasteiger partial charge is 0.237 e. The number of nitrogens with zero attached hydrogens (tertiary/aromatic N) is 1. The number of amides is 1. The monoisotopic (exact) mass is 409 g/mol. The number of benzene rings is 2. The number of carbonyl (C=O) groups excluding carboxylic acids is 1. The molecule has 0 spiro atoms. The molecule has 1 aliphatic carbocycles. The van der Waals surface area contributed by atoms with Gasteiger partial charge in [0.25, 0.3) is 0 Å². The van der Waals surface area contributed by atoms with Gasteiger partial charge in [-0.3, -0.25) is 4.79 Å². The third-order valence-corrected chi connectivity index (χ3v) is 6.37. The third kappa shape index (κ3) is 2.56. The van der Waals surface area contributed by atoms with E-state index in [1.807, 2.05) is 18.0 Å². The molecule has 134 valence electrons.